The number of rotatable bonds is 2. The Morgan fingerprint density at radius 1 is 1.41 bits per heavy atom. The van der Waals surface area contributed by atoms with Crippen molar-refractivity contribution in [3.05, 3.63) is 0 Å². The van der Waals surface area contributed by atoms with Gasteiger partial charge in [0.15, 0.2) is 0 Å². The van der Waals surface area contributed by atoms with Crippen molar-refractivity contribution in [1.29, 1.82) is 0 Å². The zero-order valence-corrected chi connectivity index (χ0v) is 11.4. The molecule has 0 bridgehead atoms. The van der Waals surface area contributed by atoms with E-state index in [4.69, 9.17) is 4.74 Å². The molecule has 1 fully saturated rings. The van der Waals surface area contributed by atoms with Crippen LogP contribution in [0.5, 0.6) is 0 Å². The first-order valence-electron chi connectivity index (χ1n) is 6.00. The van der Waals surface area contributed by atoms with Crippen LogP contribution in [0.25, 0.3) is 0 Å². The van der Waals surface area contributed by atoms with Gasteiger partial charge in [0.05, 0.1) is 0 Å². The van der Waals surface area contributed by atoms with Crippen molar-refractivity contribution < 1.29 is 14.6 Å². The van der Waals surface area contributed by atoms with Crippen molar-refractivity contribution in [1.82, 2.24) is 9.80 Å². The average molecular weight is 244 g/mol. The lowest BCUT2D eigenvalue weighted by Gasteiger charge is -2.25. The Morgan fingerprint density at radius 3 is 2.35 bits per heavy atom. The van der Waals surface area contributed by atoms with Crippen LogP contribution in [-0.4, -0.2) is 66.4 Å². The molecule has 1 heterocycles. The third-order valence-corrected chi connectivity index (χ3v) is 2.96. The number of nitrogens with zero attached hydrogens (tertiary/aromatic N) is 2. The molecule has 0 aliphatic carbocycles. The van der Waals surface area contributed by atoms with Crippen LogP contribution in [0.4, 0.5) is 4.79 Å². The fourth-order valence-corrected chi connectivity index (χ4v) is 2.09. The fourth-order valence-electron chi connectivity index (χ4n) is 2.09. The minimum Gasteiger partial charge on any atom is -0.444 e. The maximum atomic E-state index is 11.9. The molecule has 1 saturated heterocycles. The lowest BCUT2D eigenvalue weighted by atomic mass is 10.0. The lowest BCUT2D eigenvalue weighted by molar-refractivity contribution is 0.0279. The van der Waals surface area contributed by atoms with E-state index in [1.54, 1.807) is 4.90 Å². The first-order valence-corrected chi connectivity index (χ1v) is 6.00. The molecular formula is C12H24N2O3. The van der Waals surface area contributed by atoms with Gasteiger partial charge in [0, 0.05) is 31.7 Å². The van der Waals surface area contributed by atoms with E-state index in [0.29, 0.717) is 13.1 Å². The highest BCUT2D eigenvalue weighted by atomic mass is 16.6. The number of hydrogen-bond donors (Lipinski definition) is 1. The summed E-state index contributed by atoms with van der Waals surface area (Å²) in [5.41, 5.74) is -0.470. The van der Waals surface area contributed by atoms with Gasteiger partial charge in [-0.2, -0.15) is 0 Å². The van der Waals surface area contributed by atoms with Gasteiger partial charge in [-0.15, -0.1) is 0 Å². The Labute approximate surface area is 103 Å². The number of aliphatic hydroxyl groups excluding tert-OH is 1. The molecule has 0 spiro atoms. The maximum Gasteiger partial charge on any atom is 0.410 e. The second-order valence-corrected chi connectivity index (χ2v) is 5.86. The van der Waals surface area contributed by atoms with E-state index < -0.39 is 5.60 Å². The number of carbonyl (C=O) groups is 1. The van der Waals surface area contributed by atoms with Crippen molar-refractivity contribution in [2.75, 3.05) is 33.8 Å². The van der Waals surface area contributed by atoms with Crippen molar-refractivity contribution in [3.8, 4) is 0 Å². The molecule has 5 nitrogen and oxygen atoms in total. The molecule has 5 heteroatoms. The predicted molar refractivity (Wildman–Crippen MR) is 65.9 cm³/mol. The van der Waals surface area contributed by atoms with Crippen LogP contribution in [-0.2, 0) is 4.74 Å². The van der Waals surface area contributed by atoms with Crippen LogP contribution in [0.1, 0.15) is 20.8 Å². The molecule has 1 N–H and O–H groups in total. The quantitative estimate of drug-likeness (QED) is 0.780. The number of carbonyl (C=O) groups excluding carboxylic acids is 1. The van der Waals surface area contributed by atoms with E-state index in [1.807, 2.05) is 39.8 Å². The second-order valence-electron chi connectivity index (χ2n) is 5.86. The van der Waals surface area contributed by atoms with Gasteiger partial charge in [0.1, 0.15) is 5.60 Å². The Bertz CT molecular complexity index is 273. The second kappa shape index (κ2) is 5.23. The SMILES string of the molecule is CN(C)[C@H]1CN(C(=O)OC(C)(C)C)C[C@@H]1CO. The summed E-state index contributed by atoms with van der Waals surface area (Å²) in [7, 11) is 3.93. The van der Waals surface area contributed by atoms with E-state index in [-0.39, 0.29) is 24.7 Å². The van der Waals surface area contributed by atoms with Gasteiger partial charge in [0.2, 0.25) is 0 Å². The van der Waals surface area contributed by atoms with E-state index in [2.05, 4.69) is 0 Å². The van der Waals surface area contributed by atoms with E-state index in [1.165, 1.54) is 0 Å². The van der Waals surface area contributed by atoms with Gasteiger partial charge in [-0.1, -0.05) is 0 Å². The zero-order chi connectivity index (χ0) is 13.2. The molecular weight excluding hydrogens is 220 g/mol. The summed E-state index contributed by atoms with van der Waals surface area (Å²) in [5.74, 6) is 0.109. The Kier molecular flexibility index (Phi) is 4.38. The van der Waals surface area contributed by atoms with Crippen LogP contribution in [0.3, 0.4) is 0 Å². The third kappa shape index (κ3) is 3.85. The predicted octanol–water partition coefficient (Wildman–Crippen LogP) is 0.776. The number of ether oxygens (including phenoxy) is 1. The smallest absolute Gasteiger partial charge is 0.410 e. The highest BCUT2D eigenvalue weighted by Crippen LogP contribution is 2.22. The molecule has 0 saturated carbocycles. The number of likely N-dealkylation sites (tertiary alicyclic amines) is 1. The number of aliphatic hydroxyl groups is 1. The van der Waals surface area contributed by atoms with Gasteiger partial charge in [-0.05, 0) is 34.9 Å². The molecule has 0 aromatic rings. The molecule has 2 atom stereocenters. The maximum absolute atomic E-state index is 11.9. The number of hydrogen-bond acceptors (Lipinski definition) is 4. The molecule has 1 aliphatic rings. The fraction of sp³-hybridized carbons (Fsp3) is 0.917. The van der Waals surface area contributed by atoms with Crippen LogP contribution in [0.2, 0.25) is 0 Å². The van der Waals surface area contributed by atoms with Crippen molar-refractivity contribution in [2.45, 2.75) is 32.4 Å². The summed E-state index contributed by atoms with van der Waals surface area (Å²) in [6.45, 7) is 6.85. The summed E-state index contributed by atoms with van der Waals surface area (Å²) in [6.07, 6.45) is -0.291. The summed E-state index contributed by atoms with van der Waals surface area (Å²) in [5, 5.41) is 9.31. The lowest BCUT2D eigenvalue weighted by Crippen LogP contribution is -2.38. The molecule has 100 valence electrons. The molecule has 1 aliphatic heterocycles. The number of amides is 1. The zero-order valence-electron chi connectivity index (χ0n) is 11.4. The molecule has 0 aromatic carbocycles. The molecule has 1 amide bonds. The van der Waals surface area contributed by atoms with E-state index in [0.717, 1.165) is 0 Å². The Hall–Kier alpha value is -0.810. The van der Waals surface area contributed by atoms with Crippen LogP contribution in [0.15, 0.2) is 0 Å². The summed E-state index contributed by atoms with van der Waals surface area (Å²) >= 11 is 0. The van der Waals surface area contributed by atoms with Gasteiger partial charge in [-0.25, -0.2) is 4.79 Å². The highest BCUT2D eigenvalue weighted by Gasteiger charge is 2.37. The molecule has 0 radical (unpaired) electrons. The average Bonchev–Trinajstić information content (AvgIpc) is 2.58. The van der Waals surface area contributed by atoms with E-state index in [9.17, 15) is 9.90 Å². The monoisotopic (exact) mass is 244 g/mol. The third-order valence-electron chi connectivity index (χ3n) is 2.96. The van der Waals surface area contributed by atoms with Crippen molar-refractivity contribution in [3.63, 3.8) is 0 Å². The van der Waals surface area contributed by atoms with Crippen molar-refractivity contribution in [2.24, 2.45) is 5.92 Å². The van der Waals surface area contributed by atoms with Gasteiger partial charge >= 0.3 is 6.09 Å². The van der Waals surface area contributed by atoms with Gasteiger partial charge in [-0.3, -0.25) is 0 Å². The van der Waals surface area contributed by atoms with Crippen molar-refractivity contribution >= 4 is 6.09 Å². The van der Waals surface area contributed by atoms with Crippen LogP contribution < -0.4 is 0 Å². The highest BCUT2D eigenvalue weighted by molar-refractivity contribution is 5.68. The summed E-state index contributed by atoms with van der Waals surface area (Å²) in [4.78, 5) is 15.6. The summed E-state index contributed by atoms with van der Waals surface area (Å²) < 4.78 is 5.33. The standard InChI is InChI=1S/C12H24N2O3/c1-12(2,3)17-11(16)14-6-9(8-15)10(7-14)13(4)5/h9-10,15H,6-8H2,1-5H3/t9-,10+/m1/s1. The van der Waals surface area contributed by atoms with Crippen LogP contribution in [0, 0.1) is 5.92 Å². The Morgan fingerprint density at radius 2 is 2.00 bits per heavy atom. The summed E-state index contributed by atoms with van der Waals surface area (Å²) in [6, 6.07) is 0.201. The first-order chi connectivity index (χ1) is 7.74. The minimum absolute atomic E-state index is 0.0993. The minimum atomic E-state index is -0.470. The normalized spacial score (nSPS) is 25.5. The molecule has 17 heavy (non-hydrogen) atoms. The topological polar surface area (TPSA) is 53.0 Å². The largest absolute Gasteiger partial charge is 0.444 e. The Balaban J connectivity index is 2.61. The van der Waals surface area contributed by atoms with E-state index >= 15 is 0 Å². The first kappa shape index (κ1) is 14.3. The molecule has 0 aromatic heterocycles. The molecule has 1 rings (SSSR count). The van der Waals surface area contributed by atoms with Gasteiger partial charge < -0.3 is 19.6 Å². The van der Waals surface area contributed by atoms with Crippen LogP contribution >= 0.6 is 0 Å². The van der Waals surface area contributed by atoms with Gasteiger partial charge in [0.25, 0.3) is 0 Å². The number of likely N-dealkylation sites (N-methyl/N-ethyl adjacent to an activating group) is 1. The molecule has 0 unspecified atom stereocenters.